The second kappa shape index (κ2) is 13.1. The van der Waals surface area contributed by atoms with Crippen LogP contribution < -0.4 is 15.2 Å². The lowest BCUT2D eigenvalue weighted by molar-refractivity contribution is -0.145. The van der Waals surface area contributed by atoms with Gasteiger partial charge < -0.3 is 29.8 Å². The maximum Gasteiger partial charge on any atom is 0.508 e. The lowest BCUT2D eigenvalue weighted by atomic mass is 9.86. The molecule has 0 heterocycles. The number of nitrogens with two attached hydrogens (primary N) is 1. The molecule has 3 N–H and O–H groups in total. The predicted molar refractivity (Wildman–Crippen MR) is 141 cm³/mol. The zero-order valence-electron chi connectivity index (χ0n) is 24.0. The molecule has 38 heavy (non-hydrogen) atoms. The van der Waals surface area contributed by atoms with Crippen LogP contribution in [-0.2, 0) is 30.3 Å². The Hall–Kier alpha value is -3.14. The van der Waals surface area contributed by atoms with Gasteiger partial charge in [-0.1, -0.05) is 26.3 Å². The standard InChI is InChI=1S/C28H43NO9/c1-10-17(2)16-35-25(34)36-18(3)14-28(29,22(30)31)15-19-11-12-20(37-23(32)26(4,5)6)21(13-19)38-24(33)27(7,8)9/h11-13,17-18H,10,14-16,29H2,1-9H3,(H,30,31)/t17?,18-,28?/m0/s1. The lowest BCUT2D eigenvalue weighted by Crippen LogP contribution is -2.52. The Balaban J connectivity index is 3.19. The summed E-state index contributed by atoms with van der Waals surface area (Å²) < 4.78 is 21.3. The predicted octanol–water partition coefficient (Wildman–Crippen LogP) is 4.89. The van der Waals surface area contributed by atoms with Crippen molar-refractivity contribution in [3.05, 3.63) is 23.8 Å². The van der Waals surface area contributed by atoms with Crippen molar-refractivity contribution in [3.63, 3.8) is 0 Å². The summed E-state index contributed by atoms with van der Waals surface area (Å²) in [6.45, 7) is 15.7. The van der Waals surface area contributed by atoms with Crippen molar-refractivity contribution in [2.24, 2.45) is 22.5 Å². The van der Waals surface area contributed by atoms with Gasteiger partial charge in [0.05, 0.1) is 17.4 Å². The van der Waals surface area contributed by atoms with E-state index in [0.717, 1.165) is 6.42 Å². The Labute approximate surface area is 225 Å². The molecule has 3 atom stereocenters. The minimum Gasteiger partial charge on any atom is -0.480 e. The first-order chi connectivity index (χ1) is 17.3. The van der Waals surface area contributed by atoms with Gasteiger partial charge in [0.2, 0.25) is 0 Å². The first kappa shape index (κ1) is 32.9. The third kappa shape index (κ3) is 10.3. The molecule has 0 fully saturated rings. The molecule has 0 saturated heterocycles. The van der Waals surface area contributed by atoms with E-state index in [1.165, 1.54) is 25.1 Å². The van der Waals surface area contributed by atoms with Crippen molar-refractivity contribution < 1.29 is 43.2 Å². The SMILES string of the molecule is CCC(C)COC(=O)O[C@@H](C)CC(N)(Cc1ccc(OC(=O)C(C)(C)C)c(OC(=O)C(C)(C)C)c1)C(=O)O. The Morgan fingerprint density at radius 3 is 1.92 bits per heavy atom. The Kier molecular flexibility index (Phi) is 11.3. The average molecular weight is 538 g/mol. The van der Waals surface area contributed by atoms with E-state index in [0.29, 0.717) is 5.56 Å². The van der Waals surface area contributed by atoms with Crippen LogP contribution >= 0.6 is 0 Å². The Morgan fingerprint density at radius 2 is 1.45 bits per heavy atom. The van der Waals surface area contributed by atoms with Gasteiger partial charge >= 0.3 is 24.1 Å². The topological polar surface area (TPSA) is 151 Å². The van der Waals surface area contributed by atoms with Crippen LogP contribution in [0.5, 0.6) is 11.5 Å². The molecule has 0 bridgehead atoms. The zero-order chi connectivity index (χ0) is 29.5. The van der Waals surface area contributed by atoms with Crippen LogP contribution in [0.3, 0.4) is 0 Å². The zero-order valence-corrected chi connectivity index (χ0v) is 24.0. The van der Waals surface area contributed by atoms with E-state index >= 15 is 0 Å². The van der Waals surface area contributed by atoms with Crippen molar-refractivity contribution in [1.29, 1.82) is 0 Å². The van der Waals surface area contributed by atoms with E-state index in [4.69, 9.17) is 24.7 Å². The van der Waals surface area contributed by atoms with Crippen LogP contribution in [0, 0.1) is 16.7 Å². The fourth-order valence-corrected chi connectivity index (χ4v) is 3.01. The van der Waals surface area contributed by atoms with Crippen molar-refractivity contribution in [1.82, 2.24) is 0 Å². The molecule has 0 saturated carbocycles. The van der Waals surface area contributed by atoms with Crippen LogP contribution in [0.4, 0.5) is 4.79 Å². The molecular weight excluding hydrogens is 494 g/mol. The minimum absolute atomic E-state index is 0.0185. The molecule has 0 amide bonds. The van der Waals surface area contributed by atoms with Gasteiger partial charge in [-0.2, -0.15) is 0 Å². The first-order valence-electron chi connectivity index (χ1n) is 12.7. The van der Waals surface area contributed by atoms with Crippen LogP contribution in [0.2, 0.25) is 0 Å². The molecule has 0 aromatic heterocycles. The van der Waals surface area contributed by atoms with Crippen LogP contribution in [0.1, 0.15) is 80.7 Å². The number of aliphatic carboxylic acids is 1. The van der Waals surface area contributed by atoms with Gasteiger partial charge in [0.1, 0.15) is 11.6 Å². The normalized spacial score (nSPS) is 15.0. The average Bonchev–Trinajstić information content (AvgIpc) is 2.77. The molecule has 0 radical (unpaired) electrons. The molecule has 0 aliphatic carbocycles. The first-order valence-corrected chi connectivity index (χ1v) is 12.7. The highest BCUT2D eigenvalue weighted by Gasteiger charge is 2.38. The van der Waals surface area contributed by atoms with Crippen molar-refractivity contribution in [2.75, 3.05) is 6.61 Å². The maximum absolute atomic E-state index is 12.6. The molecule has 0 aliphatic heterocycles. The largest absolute Gasteiger partial charge is 0.508 e. The Bertz CT molecular complexity index is 1010. The molecular formula is C28H43NO9. The second-order valence-electron chi connectivity index (χ2n) is 11.9. The number of carbonyl (C=O) groups excluding carboxylic acids is 3. The fraction of sp³-hybridized carbons (Fsp3) is 0.643. The van der Waals surface area contributed by atoms with Gasteiger partial charge in [-0.3, -0.25) is 14.4 Å². The summed E-state index contributed by atoms with van der Waals surface area (Å²) in [6, 6.07) is 4.39. The smallest absolute Gasteiger partial charge is 0.480 e. The minimum atomic E-state index is -1.83. The van der Waals surface area contributed by atoms with E-state index in [1.807, 2.05) is 13.8 Å². The molecule has 1 aromatic carbocycles. The number of carbonyl (C=O) groups is 4. The highest BCUT2D eigenvalue weighted by molar-refractivity contribution is 5.82. The summed E-state index contributed by atoms with van der Waals surface area (Å²) in [5.41, 5.74) is 3.18. The highest BCUT2D eigenvalue weighted by atomic mass is 16.7. The van der Waals surface area contributed by atoms with E-state index in [9.17, 15) is 24.3 Å². The summed E-state index contributed by atoms with van der Waals surface area (Å²) in [7, 11) is 0. The number of hydrogen-bond acceptors (Lipinski definition) is 9. The summed E-state index contributed by atoms with van der Waals surface area (Å²) in [6.07, 6.45) is -1.32. The van der Waals surface area contributed by atoms with E-state index in [2.05, 4.69) is 0 Å². The molecule has 1 rings (SSSR count). The van der Waals surface area contributed by atoms with E-state index in [-0.39, 0.29) is 36.9 Å². The molecule has 10 nitrogen and oxygen atoms in total. The van der Waals surface area contributed by atoms with Gasteiger partial charge in [-0.15, -0.1) is 0 Å². The number of carboxylic acid groups (broad SMARTS) is 1. The van der Waals surface area contributed by atoms with Crippen molar-refractivity contribution in [3.8, 4) is 11.5 Å². The number of benzene rings is 1. The van der Waals surface area contributed by atoms with Gasteiger partial charge in [0.15, 0.2) is 11.5 Å². The Morgan fingerprint density at radius 1 is 0.921 bits per heavy atom. The van der Waals surface area contributed by atoms with Gasteiger partial charge in [-0.05, 0) is 72.1 Å². The second-order valence-corrected chi connectivity index (χ2v) is 11.9. The molecule has 0 spiro atoms. The van der Waals surface area contributed by atoms with Crippen LogP contribution in [-0.4, -0.2) is 47.4 Å². The van der Waals surface area contributed by atoms with Gasteiger partial charge in [0, 0.05) is 12.8 Å². The highest BCUT2D eigenvalue weighted by Crippen LogP contribution is 2.34. The number of esters is 2. The van der Waals surface area contributed by atoms with E-state index in [1.54, 1.807) is 41.5 Å². The number of carboxylic acids is 1. The molecule has 1 aromatic rings. The molecule has 2 unspecified atom stereocenters. The third-order valence-electron chi connectivity index (χ3n) is 5.72. The van der Waals surface area contributed by atoms with Crippen molar-refractivity contribution in [2.45, 2.75) is 93.2 Å². The summed E-state index contributed by atoms with van der Waals surface area (Å²) in [5.74, 6) is -2.27. The van der Waals surface area contributed by atoms with Gasteiger partial charge in [0.25, 0.3) is 0 Å². The van der Waals surface area contributed by atoms with Crippen LogP contribution in [0.25, 0.3) is 0 Å². The number of ether oxygens (including phenoxy) is 4. The number of rotatable bonds is 11. The number of hydrogen-bond donors (Lipinski definition) is 2. The fourth-order valence-electron chi connectivity index (χ4n) is 3.01. The maximum atomic E-state index is 12.6. The third-order valence-corrected chi connectivity index (χ3v) is 5.72. The van der Waals surface area contributed by atoms with Crippen molar-refractivity contribution >= 4 is 24.1 Å². The summed E-state index contributed by atoms with van der Waals surface area (Å²) in [5, 5.41) is 9.92. The van der Waals surface area contributed by atoms with Crippen LogP contribution in [0.15, 0.2) is 18.2 Å². The quantitative estimate of drug-likeness (QED) is 0.295. The molecule has 214 valence electrons. The lowest BCUT2D eigenvalue weighted by Gasteiger charge is -2.28. The summed E-state index contributed by atoms with van der Waals surface area (Å²) >= 11 is 0. The van der Waals surface area contributed by atoms with E-state index < -0.39 is 46.5 Å². The molecule has 10 heteroatoms. The molecule has 0 aliphatic rings. The summed E-state index contributed by atoms with van der Waals surface area (Å²) in [4.78, 5) is 49.2. The monoisotopic (exact) mass is 537 g/mol. The van der Waals surface area contributed by atoms with Gasteiger partial charge in [-0.25, -0.2) is 4.79 Å².